The van der Waals surface area contributed by atoms with Gasteiger partial charge in [-0.25, -0.2) is 8.78 Å². The van der Waals surface area contributed by atoms with E-state index in [1.165, 1.54) is 18.2 Å². The molecule has 0 aromatic heterocycles. The standard InChI is InChI=1S/C17H14ClF2N3O/c18-13-5-9(1-3-14(13)19)6-16(23-24)11-2-4-15(20)17-12(11)7-10(8-21)22-17/h1-5,24H,6-8,21H2/b23-16+. The van der Waals surface area contributed by atoms with Crippen LogP contribution in [0.5, 0.6) is 0 Å². The molecule has 1 aliphatic rings. The first-order valence-corrected chi connectivity index (χ1v) is 7.64. The predicted octanol–water partition coefficient (Wildman–Crippen LogP) is 3.63. The third kappa shape index (κ3) is 3.02. The third-order valence-corrected chi connectivity index (χ3v) is 4.20. The van der Waals surface area contributed by atoms with E-state index >= 15 is 0 Å². The lowest BCUT2D eigenvalue weighted by molar-refractivity contribution is 0.318. The molecule has 0 radical (unpaired) electrons. The van der Waals surface area contributed by atoms with Crippen LogP contribution < -0.4 is 5.73 Å². The van der Waals surface area contributed by atoms with Crippen LogP contribution in [0.3, 0.4) is 0 Å². The number of fused-ring (bicyclic) bond motifs is 1. The molecule has 1 aliphatic heterocycles. The van der Waals surface area contributed by atoms with Crippen molar-refractivity contribution < 1.29 is 14.0 Å². The number of nitrogens with two attached hydrogens (primary N) is 1. The van der Waals surface area contributed by atoms with Crippen molar-refractivity contribution in [2.45, 2.75) is 12.8 Å². The Hall–Kier alpha value is -2.31. The lowest BCUT2D eigenvalue weighted by atomic mass is 9.95. The van der Waals surface area contributed by atoms with Crippen LogP contribution in [0.4, 0.5) is 14.5 Å². The topological polar surface area (TPSA) is 71.0 Å². The Morgan fingerprint density at radius 3 is 2.67 bits per heavy atom. The largest absolute Gasteiger partial charge is 0.411 e. The van der Waals surface area contributed by atoms with Crippen LogP contribution in [0, 0.1) is 11.6 Å². The first-order chi connectivity index (χ1) is 11.5. The molecule has 7 heteroatoms. The number of halogens is 3. The van der Waals surface area contributed by atoms with Crippen molar-refractivity contribution >= 4 is 28.7 Å². The molecule has 2 aromatic carbocycles. The fraction of sp³-hybridized carbons (Fsp3) is 0.176. The van der Waals surface area contributed by atoms with Gasteiger partial charge in [0.25, 0.3) is 0 Å². The number of hydrogen-bond donors (Lipinski definition) is 2. The smallest absolute Gasteiger partial charge is 0.149 e. The Morgan fingerprint density at radius 1 is 1.25 bits per heavy atom. The number of rotatable bonds is 4. The molecule has 1 heterocycles. The summed E-state index contributed by atoms with van der Waals surface area (Å²) in [7, 11) is 0. The summed E-state index contributed by atoms with van der Waals surface area (Å²) in [5.41, 5.74) is 8.70. The van der Waals surface area contributed by atoms with Crippen molar-refractivity contribution in [3.8, 4) is 0 Å². The summed E-state index contributed by atoms with van der Waals surface area (Å²) in [6.07, 6.45) is 0.620. The highest BCUT2D eigenvalue weighted by Gasteiger charge is 2.23. The van der Waals surface area contributed by atoms with Crippen molar-refractivity contribution in [1.29, 1.82) is 0 Å². The summed E-state index contributed by atoms with van der Waals surface area (Å²) >= 11 is 5.78. The predicted molar refractivity (Wildman–Crippen MR) is 89.7 cm³/mol. The number of hydrogen-bond acceptors (Lipinski definition) is 4. The number of aliphatic imine (C=N–C) groups is 1. The van der Waals surface area contributed by atoms with E-state index in [-0.39, 0.29) is 23.7 Å². The molecule has 3 N–H and O–H groups in total. The van der Waals surface area contributed by atoms with Crippen LogP contribution >= 0.6 is 11.6 Å². The molecule has 0 unspecified atom stereocenters. The van der Waals surface area contributed by atoms with Gasteiger partial charge in [0.15, 0.2) is 0 Å². The van der Waals surface area contributed by atoms with E-state index in [1.807, 2.05) is 0 Å². The molecule has 0 saturated heterocycles. The van der Waals surface area contributed by atoms with Gasteiger partial charge in [0.2, 0.25) is 0 Å². The van der Waals surface area contributed by atoms with Gasteiger partial charge < -0.3 is 10.9 Å². The zero-order valence-electron chi connectivity index (χ0n) is 12.6. The lowest BCUT2D eigenvalue weighted by Crippen LogP contribution is -2.15. The highest BCUT2D eigenvalue weighted by molar-refractivity contribution is 6.30. The maximum absolute atomic E-state index is 14.0. The molecule has 0 saturated carbocycles. The third-order valence-electron chi connectivity index (χ3n) is 3.91. The minimum atomic E-state index is -0.522. The molecular formula is C17H14ClF2N3O. The SMILES string of the molecule is NCC1=Nc2c(F)ccc(/C(Cc3ccc(F)c(Cl)c3)=N/O)c2C1. The summed E-state index contributed by atoms with van der Waals surface area (Å²) < 4.78 is 27.2. The average molecular weight is 350 g/mol. The molecule has 124 valence electrons. The first kappa shape index (κ1) is 16.5. The van der Waals surface area contributed by atoms with E-state index in [4.69, 9.17) is 17.3 Å². The van der Waals surface area contributed by atoms with Gasteiger partial charge in [-0.15, -0.1) is 0 Å². The van der Waals surface area contributed by atoms with Gasteiger partial charge in [-0.2, -0.15) is 0 Å². The van der Waals surface area contributed by atoms with E-state index in [0.717, 1.165) is 0 Å². The second kappa shape index (κ2) is 6.67. The van der Waals surface area contributed by atoms with E-state index in [1.54, 1.807) is 12.1 Å². The fourth-order valence-electron chi connectivity index (χ4n) is 2.72. The van der Waals surface area contributed by atoms with Crippen LogP contribution in [0.2, 0.25) is 5.02 Å². The molecule has 3 rings (SSSR count). The number of oxime groups is 1. The van der Waals surface area contributed by atoms with E-state index < -0.39 is 11.6 Å². The average Bonchev–Trinajstić information content (AvgIpc) is 3.02. The zero-order valence-corrected chi connectivity index (χ0v) is 13.3. The minimum Gasteiger partial charge on any atom is -0.411 e. The first-order valence-electron chi connectivity index (χ1n) is 7.26. The van der Waals surface area contributed by atoms with Gasteiger partial charge in [0, 0.05) is 30.7 Å². The Morgan fingerprint density at radius 2 is 2.00 bits per heavy atom. The number of nitrogens with zero attached hydrogens (tertiary/aromatic N) is 2. The molecule has 0 bridgehead atoms. The summed E-state index contributed by atoms with van der Waals surface area (Å²) in [6, 6.07) is 7.09. The van der Waals surface area contributed by atoms with Crippen molar-refractivity contribution in [1.82, 2.24) is 0 Å². The van der Waals surface area contributed by atoms with Gasteiger partial charge in [-0.3, -0.25) is 4.99 Å². The minimum absolute atomic E-state index is 0.0112. The Bertz CT molecular complexity index is 865. The number of benzene rings is 2. The quantitative estimate of drug-likeness (QED) is 0.502. The van der Waals surface area contributed by atoms with Gasteiger partial charge >= 0.3 is 0 Å². The van der Waals surface area contributed by atoms with Gasteiger partial charge in [0.05, 0.1) is 10.7 Å². The maximum Gasteiger partial charge on any atom is 0.149 e. The van der Waals surface area contributed by atoms with Crippen LogP contribution in [-0.4, -0.2) is 23.2 Å². The highest BCUT2D eigenvalue weighted by atomic mass is 35.5. The Labute approximate surface area is 142 Å². The molecule has 0 atom stereocenters. The molecule has 4 nitrogen and oxygen atoms in total. The summed E-state index contributed by atoms with van der Waals surface area (Å²) in [4.78, 5) is 4.19. The molecule has 0 spiro atoms. The van der Waals surface area contributed by atoms with E-state index in [9.17, 15) is 14.0 Å². The molecule has 0 fully saturated rings. The second-order valence-corrected chi connectivity index (χ2v) is 5.86. The fourth-order valence-corrected chi connectivity index (χ4v) is 2.93. The second-order valence-electron chi connectivity index (χ2n) is 5.45. The molecular weight excluding hydrogens is 336 g/mol. The molecule has 0 amide bonds. The van der Waals surface area contributed by atoms with Crippen molar-refractivity contribution in [2.24, 2.45) is 15.9 Å². The van der Waals surface area contributed by atoms with Crippen LogP contribution in [0.25, 0.3) is 0 Å². The van der Waals surface area contributed by atoms with Gasteiger partial charge in [0.1, 0.15) is 17.3 Å². The van der Waals surface area contributed by atoms with E-state index in [0.29, 0.717) is 34.5 Å². The molecule has 0 aliphatic carbocycles. The Kier molecular flexibility index (Phi) is 4.59. The van der Waals surface area contributed by atoms with Crippen molar-refractivity contribution in [3.63, 3.8) is 0 Å². The maximum atomic E-state index is 14.0. The molecule has 2 aromatic rings. The van der Waals surface area contributed by atoms with E-state index in [2.05, 4.69) is 10.1 Å². The van der Waals surface area contributed by atoms with Crippen molar-refractivity contribution in [2.75, 3.05) is 6.54 Å². The lowest BCUT2D eigenvalue weighted by Gasteiger charge is -2.11. The van der Waals surface area contributed by atoms with Crippen molar-refractivity contribution in [3.05, 3.63) is 63.7 Å². The van der Waals surface area contributed by atoms with Gasteiger partial charge in [-0.05, 0) is 35.4 Å². The van der Waals surface area contributed by atoms with Crippen LogP contribution in [0.1, 0.15) is 16.7 Å². The monoisotopic (exact) mass is 349 g/mol. The summed E-state index contributed by atoms with van der Waals surface area (Å²) in [6.45, 7) is 0.229. The summed E-state index contributed by atoms with van der Waals surface area (Å²) in [5.74, 6) is -0.967. The van der Waals surface area contributed by atoms with Crippen LogP contribution in [-0.2, 0) is 12.8 Å². The summed E-state index contributed by atoms with van der Waals surface area (Å²) in [5, 5.41) is 12.7. The highest BCUT2D eigenvalue weighted by Crippen LogP contribution is 2.33. The van der Waals surface area contributed by atoms with Gasteiger partial charge in [-0.1, -0.05) is 22.8 Å². The normalized spacial score (nSPS) is 13.8. The van der Waals surface area contributed by atoms with Crippen LogP contribution in [0.15, 0.2) is 40.5 Å². The zero-order chi connectivity index (χ0) is 17.3. The molecule has 24 heavy (non-hydrogen) atoms. The Balaban J connectivity index is 1.97.